The molecule has 0 aromatic heterocycles. The molecule has 7 heteroatoms. The molecule has 0 heterocycles. The van der Waals surface area contributed by atoms with Gasteiger partial charge in [-0.05, 0) is 30.5 Å². The topological polar surface area (TPSA) is 37.3 Å². The molecule has 0 bridgehead atoms. The Balaban J connectivity index is 2.59. The fourth-order valence-electron chi connectivity index (χ4n) is 1.82. The van der Waals surface area contributed by atoms with Gasteiger partial charge in [-0.3, -0.25) is 4.79 Å². The van der Waals surface area contributed by atoms with Crippen LogP contribution in [0.15, 0.2) is 12.1 Å². The first-order valence-electron chi connectivity index (χ1n) is 4.98. The minimum absolute atomic E-state index is 0.0525. The van der Waals surface area contributed by atoms with Gasteiger partial charge < -0.3 is 5.11 Å². The van der Waals surface area contributed by atoms with E-state index in [1.807, 2.05) is 0 Å². The van der Waals surface area contributed by atoms with Crippen LogP contribution in [0.2, 0.25) is 10.0 Å². The summed E-state index contributed by atoms with van der Waals surface area (Å²) >= 11 is 11.1. The zero-order valence-corrected chi connectivity index (χ0v) is 10.3. The van der Waals surface area contributed by atoms with Crippen LogP contribution in [0.25, 0.3) is 0 Å². The van der Waals surface area contributed by atoms with Gasteiger partial charge in [0.25, 0.3) is 0 Å². The Labute approximate surface area is 110 Å². The minimum Gasteiger partial charge on any atom is -0.481 e. The van der Waals surface area contributed by atoms with Crippen molar-refractivity contribution >= 4 is 29.2 Å². The largest absolute Gasteiger partial charge is 0.481 e. The van der Waals surface area contributed by atoms with E-state index < -0.39 is 28.1 Å². The summed E-state index contributed by atoms with van der Waals surface area (Å²) < 4.78 is 38.2. The number of halogens is 5. The Bertz CT molecular complexity index is 522. The van der Waals surface area contributed by atoms with E-state index in [0.29, 0.717) is 12.8 Å². The molecule has 0 spiro atoms. The zero-order chi connectivity index (χ0) is 13.7. The van der Waals surface area contributed by atoms with E-state index in [-0.39, 0.29) is 10.6 Å². The van der Waals surface area contributed by atoms with Crippen molar-refractivity contribution in [3.63, 3.8) is 0 Å². The van der Waals surface area contributed by atoms with Crippen molar-refractivity contribution in [3.8, 4) is 0 Å². The Hall–Kier alpha value is -0.940. The lowest BCUT2D eigenvalue weighted by Gasteiger charge is -2.16. The third-order valence-corrected chi connectivity index (χ3v) is 3.85. The third-order valence-electron chi connectivity index (χ3n) is 3.05. The van der Waals surface area contributed by atoms with Crippen molar-refractivity contribution in [1.82, 2.24) is 0 Å². The molecule has 1 saturated carbocycles. The summed E-state index contributed by atoms with van der Waals surface area (Å²) in [5, 5.41) is 8.17. The van der Waals surface area contributed by atoms with Gasteiger partial charge in [-0.1, -0.05) is 23.2 Å². The molecular formula is C11H7Cl2F3O2. The van der Waals surface area contributed by atoms with E-state index in [0.717, 1.165) is 6.07 Å². The maximum atomic E-state index is 12.7. The first-order valence-corrected chi connectivity index (χ1v) is 5.74. The highest BCUT2D eigenvalue weighted by molar-refractivity contribution is 6.42. The van der Waals surface area contributed by atoms with Gasteiger partial charge in [0.2, 0.25) is 0 Å². The van der Waals surface area contributed by atoms with Gasteiger partial charge in [0.15, 0.2) is 0 Å². The molecule has 2 nitrogen and oxygen atoms in total. The van der Waals surface area contributed by atoms with Crippen LogP contribution in [-0.2, 0) is 16.4 Å². The van der Waals surface area contributed by atoms with E-state index in [4.69, 9.17) is 28.3 Å². The predicted octanol–water partition coefficient (Wildman–Crippen LogP) is 4.13. The van der Waals surface area contributed by atoms with E-state index in [1.54, 1.807) is 0 Å². The average molecular weight is 299 g/mol. The Kier molecular flexibility index (Phi) is 3.02. The molecule has 0 amide bonds. The molecule has 98 valence electrons. The zero-order valence-electron chi connectivity index (χ0n) is 8.81. The van der Waals surface area contributed by atoms with Gasteiger partial charge in [0.05, 0.1) is 21.0 Å². The molecule has 1 aromatic carbocycles. The lowest BCUT2D eigenvalue weighted by atomic mass is 9.94. The van der Waals surface area contributed by atoms with Gasteiger partial charge >= 0.3 is 12.1 Å². The van der Waals surface area contributed by atoms with Crippen LogP contribution in [0, 0.1) is 0 Å². The van der Waals surface area contributed by atoms with E-state index in [1.165, 1.54) is 6.07 Å². The number of benzene rings is 1. The number of carbonyl (C=O) groups is 1. The highest BCUT2D eigenvalue weighted by atomic mass is 35.5. The summed E-state index contributed by atoms with van der Waals surface area (Å²) in [4.78, 5) is 11.1. The van der Waals surface area contributed by atoms with Crippen molar-refractivity contribution in [3.05, 3.63) is 33.3 Å². The molecule has 1 aliphatic carbocycles. The van der Waals surface area contributed by atoms with Gasteiger partial charge in [0, 0.05) is 0 Å². The molecule has 2 rings (SSSR count). The number of alkyl halides is 3. The van der Waals surface area contributed by atoms with Crippen LogP contribution in [0.1, 0.15) is 24.0 Å². The molecule has 0 atom stereocenters. The fourth-order valence-corrected chi connectivity index (χ4v) is 2.26. The van der Waals surface area contributed by atoms with Crippen molar-refractivity contribution in [2.24, 2.45) is 0 Å². The SMILES string of the molecule is O=C(O)C1(c2cc(Cl)c(Cl)c(C(F)(F)F)c2)CC1. The van der Waals surface area contributed by atoms with E-state index in [2.05, 4.69) is 0 Å². The van der Waals surface area contributed by atoms with Crippen LogP contribution in [0.3, 0.4) is 0 Å². The summed E-state index contributed by atoms with van der Waals surface area (Å²) in [6, 6.07) is 1.97. The fraction of sp³-hybridized carbons (Fsp3) is 0.364. The van der Waals surface area contributed by atoms with E-state index in [9.17, 15) is 18.0 Å². The van der Waals surface area contributed by atoms with Crippen LogP contribution < -0.4 is 0 Å². The van der Waals surface area contributed by atoms with Crippen LogP contribution in [0.5, 0.6) is 0 Å². The molecule has 1 fully saturated rings. The maximum absolute atomic E-state index is 12.7. The second-order valence-electron chi connectivity index (χ2n) is 4.20. The minimum atomic E-state index is -4.66. The average Bonchev–Trinajstić information content (AvgIpc) is 3.00. The number of carboxylic acids is 1. The highest BCUT2D eigenvalue weighted by Gasteiger charge is 2.52. The molecule has 1 N–H and O–H groups in total. The molecule has 0 aliphatic heterocycles. The van der Waals surface area contributed by atoms with Crippen LogP contribution in [-0.4, -0.2) is 11.1 Å². The van der Waals surface area contributed by atoms with Gasteiger partial charge in [-0.15, -0.1) is 0 Å². The maximum Gasteiger partial charge on any atom is 0.417 e. The Morgan fingerprint density at radius 2 is 1.83 bits per heavy atom. The quantitative estimate of drug-likeness (QED) is 0.891. The number of hydrogen-bond donors (Lipinski definition) is 1. The summed E-state index contributed by atoms with van der Waals surface area (Å²) in [6.07, 6.45) is -4.06. The second-order valence-corrected chi connectivity index (χ2v) is 4.99. The number of hydrogen-bond acceptors (Lipinski definition) is 1. The molecule has 0 saturated heterocycles. The summed E-state index contributed by atoms with van der Waals surface area (Å²) in [5.41, 5.74) is -2.29. The lowest BCUT2D eigenvalue weighted by molar-refractivity contribution is -0.141. The normalized spacial score (nSPS) is 17.6. The molecule has 0 radical (unpaired) electrons. The molecule has 1 aromatic rings. The van der Waals surface area contributed by atoms with Gasteiger partial charge in [-0.2, -0.15) is 13.2 Å². The lowest BCUT2D eigenvalue weighted by Crippen LogP contribution is -2.20. The highest BCUT2D eigenvalue weighted by Crippen LogP contribution is 2.51. The van der Waals surface area contributed by atoms with E-state index >= 15 is 0 Å². The third kappa shape index (κ3) is 2.06. The van der Waals surface area contributed by atoms with Crippen molar-refractivity contribution in [1.29, 1.82) is 0 Å². The first-order chi connectivity index (χ1) is 8.18. The van der Waals surface area contributed by atoms with Crippen molar-refractivity contribution < 1.29 is 23.1 Å². The van der Waals surface area contributed by atoms with Crippen molar-refractivity contribution in [2.45, 2.75) is 24.4 Å². The summed E-state index contributed by atoms with van der Waals surface area (Å²) in [6.45, 7) is 0. The summed E-state index contributed by atoms with van der Waals surface area (Å²) in [7, 11) is 0. The summed E-state index contributed by atoms with van der Waals surface area (Å²) in [5.74, 6) is -1.14. The Morgan fingerprint density at radius 3 is 2.22 bits per heavy atom. The number of aliphatic carboxylic acids is 1. The van der Waals surface area contributed by atoms with Gasteiger partial charge in [0.1, 0.15) is 0 Å². The molecular weight excluding hydrogens is 292 g/mol. The van der Waals surface area contributed by atoms with Crippen molar-refractivity contribution in [2.75, 3.05) is 0 Å². The van der Waals surface area contributed by atoms with Gasteiger partial charge in [-0.25, -0.2) is 0 Å². The first kappa shape index (κ1) is 13.5. The predicted molar refractivity (Wildman–Crippen MR) is 60.0 cm³/mol. The number of rotatable bonds is 2. The number of carboxylic acid groups (broad SMARTS) is 1. The molecule has 0 unspecified atom stereocenters. The molecule has 1 aliphatic rings. The second kappa shape index (κ2) is 4.03. The monoisotopic (exact) mass is 298 g/mol. The Morgan fingerprint density at radius 1 is 1.28 bits per heavy atom. The smallest absolute Gasteiger partial charge is 0.417 e. The standard InChI is InChI=1S/C11H7Cl2F3O2/c12-7-4-5(10(1-2-10)9(17)18)3-6(8(7)13)11(14,15)16/h3-4H,1-2H2,(H,17,18). The van der Waals surface area contributed by atoms with Crippen LogP contribution in [0.4, 0.5) is 13.2 Å². The van der Waals surface area contributed by atoms with Crippen LogP contribution >= 0.6 is 23.2 Å². The molecule has 18 heavy (non-hydrogen) atoms.